The monoisotopic (exact) mass is 460 g/mol. The lowest BCUT2D eigenvalue weighted by Gasteiger charge is -2.14. The molecular weight excluding hydrogens is 436 g/mol. The van der Waals surface area contributed by atoms with Gasteiger partial charge in [0.1, 0.15) is 5.25 Å². The number of fused-ring (bicyclic) bond motifs is 1. The van der Waals surface area contributed by atoms with Crippen LogP contribution in [-0.2, 0) is 17.8 Å². The molecule has 0 radical (unpaired) electrons. The molecule has 1 atom stereocenters. The van der Waals surface area contributed by atoms with Crippen molar-refractivity contribution in [1.29, 1.82) is 0 Å². The second-order valence-electron chi connectivity index (χ2n) is 8.05. The van der Waals surface area contributed by atoms with Crippen LogP contribution in [0.1, 0.15) is 52.4 Å². The molecule has 0 spiro atoms. The van der Waals surface area contributed by atoms with E-state index in [1.54, 1.807) is 11.1 Å². The molecule has 1 fully saturated rings. The van der Waals surface area contributed by atoms with Crippen molar-refractivity contribution >= 4 is 34.4 Å². The average molecular weight is 461 g/mol. The minimum absolute atomic E-state index is 0.0276. The fourth-order valence-electron chi connectivity index (χ4n) is 4.24. The molecule has 0 aliphatic carbocycles. The summed E-state index contributed by atoms with van der Waals surface area (Å²) in [5, 5.41) is 8.94. The van der Waals surface area contributed by atoms with Crippen LogP contribution in [0.25, 0.3) is 10.9 Å². The lowest BCUT2D eigenvalue weighted by Crippen LogP contribution is -2.23. The van der Waals surface area contributed by atoms with Crippen LogP contribution >= 0.6 is 11.8 Å². The number of carbonyl (C=O) groups excluding carboxylic acids is 2. The third-order valence-corrected chi connectivity index (χ3v) is 7.04. The van der Waals surface area contributed by atoms with Gasteiger partial charge in [-0.3, -0.25) is 9.59 Å². The molecule has 2 aromatic carbocycles. The number of carbonyl (C=O) groups is 2. The predicted molar refractivity (Wildman–Crippen MR) is 126 cm³/mol. The standard InChI is InChI=1S/C25H24N4O3S/c1-2-16-10-6-11-18-19(14-26-22(16)18)23(31)24(17-8-4-3-5-9-17)33-25-28-27-20(32-25)15-29-13-7-12-21(29)30/h3-6,8-11,14,24,26H,2,7,12-13,15H2,1H3. The molecule has 1 aliphatic rings. The van der Waals surface area contributed by atoms with Crippen LogP contribution < -0.4 is 0 Å². The number of para-hydroxylation sites is 1. The SMILES string of the molecule is CCc1cccc2c(C(=O)C(Sc3nnc(CN4CCCC4=O)o3)c3ccccc3)c[nH]c12. The smallest absolute Gasteiger partial charge is 0.277 e. The molecule has 1 saturated heterocycles. The fraction of sp³-hybridized carbons (Fsp3) is 0.280. The Hall–Kier alpha value is -3.39. The van der Waals surface area contributed by atoms with Crippen molar-refractivity contribution in [3.63, 3.8) is 0 Å². The van der Waals surface area contributed by atoms with Crippen molar-refractivity contribution in [3.8, 4) is 0 Å². The van der Waals surface area contributed by atoms with Crippen molar-refractivity contribution in [2.24, 2.45) is 0 Å². The summed E-state index contributed by atoms with van der Waals surface area (Å²) in [6, 6.07) is 15.7. The Morgan fingerprint density at radius 2 is 2.03 bits per heavy atom. The lowest BCUT2D eigenvalue weighted by atomic mass is 10.0. The van der Waals surface area contributed by atoms with E-state index in [4.69, 9.17) is 4.42 Å². The Morgan fingerprint density at radius 3 is 2.79 bits per heavy atom. The molecular formula is C25H24N4O3S. The van der Waals surface area contributed by atoms with E-state index in [0.717, 1.165) is 29.3 Å². The van der Waals surface area contributed by atoms with Crippen molar-refractivity contribution < 1.29 is 14.0 Å². The maximum atomic E-state index is 13.8. The Bertz CT molecular complexity index is 1300. The van der Waals surface area contributed by atoms with E-state index in [2.05, 4.69) is 28.2 Å². The second kappa shape index (κ2) is 9.23. The van der Waals surface area contributed by atoms with Crippen molar-refractivity contribution in [2.75, 3.05) is 6.54 Å². The lowest BCUT2D eigenvalue weighted by molar-refractivity contribution is -0.128. The first kappa shape index (κ1) is 21.5. The minimum Gasteiger partial charge on any atom is -0.414 e. The molecule has 2 aromatic heterocycles. The highest BCUT2D eigenvalue weighted by Crippen LogP contribution is 2.39. The minimum atomic E-state index is -0.544. The molecule has 1 aliphatic heterocycles. The fourth-order valence-corrected chi connectivity index (χ4v) is 5.20. The van der Waals surface area contributed by atoms with Gasteiger partial charge in [0, 0.05) is 35.6 Å². The summed E-state index contributed by atoms with van der Waals surface area (Å²) in [5.41, 5.74) is 3.68. The van der Waals surface area contributed by atoms with Gasteiger partial charge in [-0.2, -0.15) is 0 Å². The van der Waals surface area contributed by atoms with Crippen LogP contribution in [0.2, 0.25) is 0 Å². The number of hydrogen-bond donors (Lipinski definition) is 1. The van der Waals surface area contributed by atoms with E-state index >= 15 is 0 Å². The zero-order chi connectivity index (χ0) is 22.8. The van der Waals surface area contributed by atoms with E-state index in [1.165, 1.54) is 17.3 Å². The number of likely N-dealkylation sites (tertiary alicyclic amines) is 1. The number of aromatic nitrogens is 3. The number of benzene rings is 2. The summed E-state index contributed by atoms with van der Waals surface area (Å²) < 4.78 is 5.82. The van der Waals surface area contributed by atoms with Gasteiger partial charge in [-0.25, -0.2) is 0 Å². The molecule has 8 heteroatoms. The normalized spacial score (nSPS) is 14.8. The van der Waals surface area contributed by atoms with E-state index in [9.17, 15) is 9.59 Å². The number of hydrogen-bond acceptors (Lipinski definition) is 6. The summed E-state index contributed by atoms with van der Waals surface area (Å²) in [4.78, 5) is 30.7. The van der Waals surface area contributed by atoms with Gasteiger partial charge in [-0.1, -0.05) is 55.5 Å². The quantitative estimate of drug-likeness (QED) is 0.295. The molecule has 5 rings (SSSR count). The van der Waals surface area contributed by atoms with Crippen LogP contribution in [-0.4, -0.2) is 38.3 Å². The van der Waals surface area contributed by atoms with E-state index < -0.39 is 5.25 Å². The van der Waals surface area contributed by atoms with Crippen LogP contribution in [0.5, 0.6) is 0 Å². The van der Waals surface area contributed by atoms with Gasteiger partial charge in [0.25, 0.3) is 5.22 Å². The third kappa shape index (κ3) is 4.30. The zero-order valence-electron chi connectivity index (χ0n) is 18.3. The molecule has 0 saturated carbocycles. The Labute approximate surface area is 195 Å². The predicted octanol–water partition coefficient (Wildman–Crippen LogP) is 4.95. The van der Waals surface area contributed by atoms with Gasteiger partial charge >= 0.3 is 0 Å². The molecule has 3 heterocycles. The first-order valence-corrected chi connectivity index (χ1v) is 12.0. The summed E-state index contributed by atoms with van der Waals surface area (Å²) >= 11 is 1.24. The molecule has 1 N–H and O–H groups in total. The summed E-state index contributed by atoms with van der Waals surface area (Å²) in [5.74, 6) is 0.456. The van der Waals surface area contributed by atoms with Crippen LogP contribution in [0.15, 0.2) is 64.4 Å². The maximum absolute atomic E-state index is 13.8. The van der Waals surface area contributed by atoms with Gasteiger partial charge in [-0.05, 0) is 35.7 Å². The van der Waals surface area contributed by atoms with E-state index in [-0.39, 0.29) is 11.7 Å². The van der Waals surface area contributed by atoms with Crippen LogP contribution in [0.3, 0.4) is 0 Å². The Kier molecular flexibility index (Phi) is 6.00. The largest absolute Gasteiger partial charge is 0.414 e. The van der Waals surface area contributed by atoms with Gasteiger partial charge in [-0.15, -0.1) is 10.2 Å². The van der Waals surface area contributed by atoms with Crippen LogP contribution in [0, 0.1) is 0 Å². The number of nitrogens with one attached hydrogen (secondary N) is 1. The van der Waals surface area contributed by atoms with Gasteiger partial charge in [0.15, 0.2) is 5.78 Å². The molecule has 33 heavy (non-hydrogen) atoms. The number of aryl methyl sites for hydroxylation is 1. The number of thioether (sulfide) groups is 1. The van der Waals surface area contributed by atoms with E-state index in [1.807, 2.05) is 42.5 Å². The van der Waals surface area contributed by atoms with Gasteiger partial charge in [0.05, 0.1) is 6.54 Å². The first-order chi connectivity index (χ1) is 16.1. The third-order valence-electron chi connectivity index (χ3n) is 5.95. The van der Waals surface area contributed by atoms with Gasteiger partial charge in [0.2, 0.25) is 11.8 Å². The number of aromatic amines is 1. The molecule has 1 unspecified atom stereocenters. The highest BCUT2D eigenvalue weighted by molar-refractivity contribution is 8.00. The zero-order valence-corrected chi connectivity index (χ0v) is 19.1. The average Bonchev–Trinajstić information content (AvgIpc) is 3.58. The molecule has 7 nitrogen and oxygen atoms in total. The van der Waals surface area contributed by atoms with Crippen molar-refractivity contribution in [3.05, 3.63) is 77.3 Å². The molecule has 168 valence electrons. The molecule has 1 amide bonds. The number of H-pyrrole nitrogens is 1. The topological polar surface area (TPSA) is 92.1 Å². The summed E-state index contributed by atoms with van der Waals surface area (Å²) in [6.07, 6.45) is 4.09. The first-order valence-electron chi connectivity index (χ1n) is 11.1. The maximum Gasteiger partial charge on any atom is 0.277 e. The molecule has 0 bridgehead atoms. The summed E-state index contributed by atoms with van der Waals surface area (Å²) in [7, 11) is 0. The number of amides is 1. The Balaban J connectivity index is 1.44. The van der Waals surface area contributed by atoms with E-state index in [0.29, 0.717) is 36.2 Å². The van der Waals surface area contributed by atoms with Crippen molar-refractivity contribution in [1.82, 2.24) is 20.1 Å². The summed E-state index contributed by atoms with van der Waals surface area (Å²) in [6.45, 7) is 3.11. The Morgan fingerprint density at radius 1 is 1.18 bits per heavy atom. The number of ketones is 1. The number of rotatable bonds is 8. The van der Waals surface area contributed by atoms with Gasteiger partial charge < -0.3 is 14.3 Å². The second-order valence-corrected chi connectivity index (χ2v) is 9.11. The van der Waals surface area contributed by atoms with Crippen LogP contribution in [0.4, 0.5) is 0 Å². The van der Waals surface area contributed by atoms with Crippen molar-refractivity contribution in [2.45, 2.75) is 43.2 Å². The highest BCUT2D eigenvalue weighted by atomic mass is 32.2. The highest BCUT2D eigenvalue weighted by Gasteiger charge is 2.29. The molecule has 4 aromatic rings. The number of Topliss-reactive ketones (excluding diaryl/α,β-unsaturated/α-hetero) is 1. The number of nitrogens with zero attached hydrogens (tertiary/aromatic N) is 3.